The third-order valence-electron chi connectivity index (χ3n) is 2.73. The molecule has 1 unspecified atom stereocenters. The van der Waals surface area contributed by atoms with Crippen molar-refractivity contribution in [2.45, 2.75) is 25.1 Å². The predicted molar refractivity (Wildman–Crippen MR) is 56.5 cm³/mol. The lowest BCUT2D eigenvalue weighted by atomic mass is 10.0. The number of alkyl halides is 3. The van der Waals surface area contributed by atoms with E-state index in [-0.39, 0.29) is 11.5 Å². The Morgan fingerprint density at radius 3 is 2.82 bits per heavy atom. The normalized spacial score (nSPS) is 24.9. The van der Waals surface area contributed by atoms with Crippen LogP contribution in [0.1, 0.15) is 19.0 Å². The molecule has 2 heterocycles. The SMILES string of the molecule is CC1(Nc2nccc(C(F)(F)F)n2)CCNC1. The van der Waals surface area contributed by atoms with E-state index in [4.69, 9.17) is 0 Å². The van der Waals surface area contributed by atoms with Crippen molar-refractivity contribution in [2.24, 2.45) is 0 Å². The minimum Gasteiger partial charge on any atom is -0.348 e. The van der Waals surface area contributed by atoms with Gasteiger partial charge in [-0.1, -0.05) is 0 Å². The van der Waals surface area contributed by atoms with Gasteiger partial charge in [-0.3, -0.25) is 0 Å². The highest BCUT2D eigenvalue weighted by atomic mass is 19.4. The van der Waals surface area contributed by atoms with Gasteiger partial charge in [-0.15, -0.1) is 0 Å². The van der Waals surface area contributed by atoms with Gasteiger partial charge in [0.25, 0.3) is 0 Å². The summed E-state index contributed by atoms with van der Waals surface area (Å²) in [5.41, 5.74) is -1.21. The Balaban J connectivity index is 2.17. The van der Waals surface area contributed by atoms with Gasteiger partial charge in [-0.25, -0.2) is 9.97 Å². The second kappa shape index (κ2) is 4.14. The zero-order chi connectivity index (χ0) is 12.5. The van der Waals surface area contributed by atoms with Gasteiger partial charge in [0, 0.05) is 12.7 Å². The Morgan fingerprint density at radius 2 is 2.24 bits per heavy atom. The Labute approximate surface area is 96.7 Å². The van der Waals surface area contributed by atoms with Crippen LogP contribution in [0.3, 0.4) is 0 Å². The quantitative estimate of drug-likeness (QED) is 0.833. The molecule has 0 saturated carbocycles. The van der Waals surface area contributed by atoms with Crippen LogP contribution in [0.5, 0.6) is 0 Å². The minimum atomic E-state index is -4.44. The van der Waals surface area contributed by atoms with Crippen LogP contribution >= 0.6 is 0 Å². The molecule has 1 aliphatic heterocycles. The number of nitrogens with zero attached hydrogens (tertiary/aromatic N) is 2. The smallest absolute Gasteiger partial charge is 0.348 e. The van der Waals surface area contributed by atoms with Gasteiger partial charge < -0.3 is 10.6 Å². The van der Waals surface area contributed by atoms with Gasteiger partial charge >= 0.3 is 6.18 Å². The van der Waals surface area contributed by atoms with Crippen molar-refractivity contribution in [3.8, 4) is 0 Å². The fourth-order valence-electron chi connectivity index (χ4n) is 1.77. The zero-order valence-corrected chi connectivity index (χ0v) is 9.30. The fourth-order valence-corrected chi connectivity index (χ4v) is 1.77. The predicted octanol–water partition coefficient (Wildman–Crippen LogP) is 1.66. The molecule has 1 saturated heterocycles. The lowest BCUT2D eigenvalue weighted by Crippen LogP contribution is -2.37. The number of rotatable bonds is 2. The number of aromatic nitrogens is 2. The van der Waals surface area contributed by atoms with Crippen molar-refractivity contribution in [3.05, 3.63) is 18.0 Å². The second-order valence-corrected chi connectivity index (χ2v) is 4.38. The topological polar surface area (TPSA) is 49.8 Å². The van der Waals surface area contributed by atoms with Crippen molar-refractivity contribution < 1.29 is 13.2 Å². The van der Waals surface area contributed by atoms with Crippen LogP contribution < -0.4 is 10.6 Å². The number of hydrogen-bond acceptors (Lipinski definition) is 4. The zero-order valence-electron chi connectivity index (χ0n) is 9.30. The second-order valence-electron chi connectivity index (χ2n) is 4.38. The Bertz CT molecular complexity index is 399. The first-order valence-corrected chi connectivity index (χ1v) is 5.28. The van der Waals surface area contributed by atoms with E-state index in [1.807, 2.05) is 6.92 Å². The van der Waals surface area contributed by atoms with Crippen molar-refractivity contribution in [3.63, 3.8) is 0 Å². The van der Waals surface area contributed by atoms with Crippen molar-refractivity contribution in [2.75, 3.05) is 18.4 Å². The molecule has 0 spiro atoms. The van der Waals surface area contributed by atoms with Crippen molar-refractivity contribution in [1.29, 1.82) is 0 Å². The van der Waals surface area contributed by atoms with Crippen molar-refractivity contribution >= 4 is 5.95 Å². The summed E-state index contributed by atoms with van der Waals surface area (Å²) in [6.45, 7) is 3.45. The van der Waals surface area contributed by atoms with E-state index in [0.717, 1.165) is 25.2 Å². The van der Waals surface area contributed by atoms with E-state index in [2.05, 4.69) is 20.6 Å². The third-order valence-corrected chi connectivity index (χ3v) is 2.73. The van der Waals surface area contributed by atoms with Crippen LogP contribution in [-0.4, -0.2) is 28.6 Å². The molecule has 94 valence electrons. The summed E-state index contributed by atoms with van der Waals surface area (Å²) in [7, 11) is 0. The average Bonchev–Trinajstić information content (AvgIpc) is 2.64. The highest BCUT2D eigenvalue weighted by molar-refractivity contribution is 5.31. The van der Waals surface area contributed by atoms with Crippen molar-refractivity contribution in [1.82, 2.24) is 15.3 Å². The molecule has 0 aliphatic carbocycles. The number of halogens is 3. The minimum absolute atomic E-state index is 0.0195. The van der Waals surface area contributed by atoms with Gasteiger partial charge in [-0.2, -0.15) is 13.2 Å². The highest BCUT2D eigenvalue weighted by Crippen LogP contribution is 2.28. The number of hydrogen-bond donors (Lipinski definition) is 2. The van der Waals surface area contributed by atoms with Crippen LogP contribution in [0.2, 0.25) is 0 Å². The molecule has 2 rings (SSSR count). The van der Waals surface area contributed by atoms with E-state index in [1.54, 1.807) is 0 Å². The largest absolute Gasteiger partial charge is 0.433 e. The average molecular weight is 246 g/mol. The fraction of sp³-hybridized carbons (Fsp3) is 0.600. The Kier molecular flexibility index (Phi) is 2.94. The molecule has 7 heteroatoms. The summed E-state index contributed by atoms with van der Waals surface area (Å²) < 4.78 is 37.3. The van der Waals surface area contributed by atoms with Crippen LogP contribution in [0.4, 0.5) is 19.1 Å². The summed E-state index contributed by atoms with van der Waals surface area (Å²) in [6, 6.07) is 0.862. The first-order valence-electron chi connectivity index (χ1n) is 5.28. The van der Waals surface area contributed by atoms with Gasteiger partial charge in [0.1, 0.15) is 5.69 Å². The first-order chi connectivity index (χ1) is 7.89. The molecule has 4 nitrogen and oxygen atoms in total. The summed E-state index contributed by atoms with van der Waals surface area (Å²) in [4.78, 5) is 7.29. The first kappa shape index (κ1) is 12.1. The van der Waals surface area contributed by atoms with E-state index < -0.39 is 11.9 Å². The van der Waals surface area contributed by atoms with E-state index in [0.29, 0.717) is 6.54 Å². The molecule has 1 aromatic heterocycles. The van der Waals surface area contributed by atoms with Gasteiger partial charge in [0.05, 0.1) is 5.54 Å². The molecule has 0 aromatic carbocycles. The lowest BCUT2D eigenvalue weighted by Gasteiger charge is -2.24. The summed E-state index contributed by atoms with van der Waals surface area (Å²) in [5.74, 6) is 0.0195. The maximum atomic E-state index is 12.4. The number of nitrogens with one attached hydrogen (secondary N) is 2. The maximum Gasteiger partial charge on any atom is 0.433 e. The van der Waals surface area contributed by atoms with E-state index in [9.17, 15) is 13.2 Å². The summed E-state index contributed by atoms with van der Waals surface area (Å²) in [5, 5.41) is 6.08. The molecule has 17 heavy (non-hydrogen) atoms. The van der Waals surface area contributed by atoms with Crippen LogP contribution in [-0.2, 0) is 6.18 Å². The standard InChI is InChI=1S/C10H13F3N4/c1-9(3-5-14-6-9)17-8-15-4-2-7(16-8)10(11,12)13/h2,4,14H,3,5-6H2,1H3,(H,15,16,17). The van der Waals surface area contributed by atoms with E-state index >= 15 is 0 Å². The number of anilines is 1. The summed E-state index contributed by atoms with van der Waals surface area (Å²) >= 11 is 0. The molecule has 1 fully saturated rings. The molecule has 1 atom stereocenters. The van der Waals surface area contributed by atoms with Crippen LogP contribution in [0, 0.1) is 0 Å². The van der Waals surface area contributed by atoms with Crippen LogP contribution in [0.15, 0.2) is 12.3 Å². The lowest BCUT2D eigenvalue weighted by molar-refractivity contribution is -0.141. The van der Waals surface area contributed by atoms with Gasteiger partial charge in [0.2, 0.25) is 5.95 Å². The van der Waals surface area contributed by atoms with Crippen LogP contribution in [0.25, 0.3) is 0 Å². The molecular formula is C10H13F3N4. The highest BCUT2D eigenvalue weighted by Gasteiger charge is 2.34. The van der Waals surface area contributed by atoms with Gasteiger partial charge in [-0.05, 0) is 26.0 Å². The Hall–Kier alpha value is -1.37. The monoisotopic (exact) mass is 246 g/mol. The third kappa shape index (κ3) is 2.85. The Morgan fingerprint density at radius 1 is 1.47 bits per heavy atom. The molecule has 1 aliphatic rings. The molecule has 0 bridgehead atoms. The molecule has 0 amide bonds. The maximum absolute atomic E-state index is 12.4. The summed E-state index contributed by atoms with van der Waals surface area (Å²) in [6.07, 6.45) is -2.50. The molecular weight excluding hydrogens is 233 g/mol. The molecule has 1 aromatic rings. The van der Waals surface area contributed by atoms with E-state index in [1.165, 1.54) is 0 Å². The molecule has 0 radical (unpaired) electrons. The molecule has 2 N–H and O–H groups in total. The van der Waals surface area contributed by atoms with Gasteiger partial charge in [0.15, 0.2) is 0 Å².